The Bertz CT molecular complexity index is 348. The van der Waals surface area contributed by atoms with Gasteiger partial charge in [0.15, 0.2) is 0 Å². The van der Waals surface area contributed by atoms with Gasteiger partial charge in [-0.3, -0.25) is 4.79 Å². The Balaban J connectivity index is 2.23. The highest BCUT2D eigenvalue weighted by Gasteiger charge is 2.37. The fourth-order valence-electron chi connectivity index (χ4n) is 2.92. The summed E-state index contributed by atoms with van der Waals surface area (Å²) in [6.07, 6.45) is 8.12. The molecule has 2 bridgehead atoms. The topological polar surface area (TPSA) is 26.3 Å². The number of carbonyl (C=O) groups is 1. The van der Waals surface area contributed by atoms with Gasteiger partial charge in [-0.25, -0.2) is 0 Å². The predicted octanol–water partition coefficient (Wildman–Crippen LogP) is 3.24. The van der Waals surface area contributed by atoms with Gasteiger partial charge in [-0.05, 0) is 44.6 Å². The van der Waals surface area contributed by atoms with Crippen LogP contribution in [0.15, 0.2) is 23.3 Å². The molecule has 2 nitrogen and oxygen atoms in total. The van der Waals surface area contributed by atoms with Crippen LogP contribution >= 0.6 is 0 Å². The van der Waals surface area contributed by atoms with Crippen molar-refractivity contribution in [2.75, 3.05) is 0 Å². The second-order valence-corrected chi connectivity index (χ2v) is 5.25. The molecule has 0 aromatic carbocycles. The summed E-state index contributed by atoms with van der Waals surface area (Å²) in [5.41, 5.74) is 2.48. The standard InChI is InChI=1S/C14H20O2/c1-9(2)6-13-8-11-4-5-12(7-11)14(13)16-10(3)15/h6,8,11-12,14H,4-5,7H2,1-3H3/t11-,12+,14-/m0/s1. The van der Waals surface area contributed by atoms with E-state index in [0.717, 1.165) is 0 Å². The van der Waals surface area contributed by atoms with E-state index in [1.807, 2.05) is 0 Å². The molecule has 1 fully saturated rings. The van der Waals surface area contributed by atoms with Crippen LogP contribution in [0.3, 0.4) is 0 Å². The summed E-state index contributed by atoms with van der Waals surface area (Å²) in [4.78, 5) is 11.1. The fraction of sp³-hybridized carbons (Fsp3) is 0.643. The van der Waals surface area contributed by atoms with E-state index in [0.29, 0.717) is 11.8 Å². The molecule has 0 aromatic rings. The second-order valence-electron chi connectivity index (χ2n) is 5.25. The summed E-state index contributed by atoms with van der Waals surface area (Å²) < 4.78 is 5.48. The Morgan fingerprint density at radius 1 is 1.38 bits per heavy atom. The van der Waals surface area contributed by atoms with Crippen molar-refractivity contribution >= 4 is 5.97 Å². The van der Waals surface area contributed by atoms with Crippen molar-refractivity contribution < 1.29 is 9.53 Å². The maximum Gasteiger partial charge on any atom is 0.303 e. The van der Waals surface area contributed by atoms with E-state index in [4.69, 9.17) is 4.74 Å². The zero-order chi connectivity index (χ0) is 11.7. The number of allylic oxidation sites excluding steroid dienone is 2. The van der Waals surface area contributed by atoms with E-state index >= 15 is 0 Å². The van der Waals surface area contributed by atoms with Gasteiger partial charge in [-0.15, -0.1) is 0 Å². The van der Waals surface area contributed by atoms with E-state index in [9.17, 15) is 4.79 Å². The zero-order valence-corrected chi connectivity index (χ0v) is 10.3. The van der Waals surface area contributed by atoms with Crippen molar-refractivity contribution in [2.24, 2.45) is 11.8 Å². The highest BCUT2D eigenvalue weighted by Crippen LogP contribution is 2.43. The third-order valence-electron chi connectivity index (χ3n) is 3.45. The molecule has 0 aliphatic heterocycles. The molecule has 1 saturated carbocycles. The molecule has 2 heteroatoms. The van der Waals surface area contributed by atoms with Gasteiger partial charge in [0.2, 0.25) is 0 Å². The Labute approximate surface area is 97.4 Å². The first kappa shape index (κ1) is 11.4. The molecule has 0 amide bonds. The third kappa shape index (κ3) is 2.37. The molecule has 88 valence electrons. The first-order chi connectivity index (χ1) is 7.56. The monoisotopic (exact) mass is 220 g/mol. The SMILES string of the molecule is CC(=O)O[C@@H]1C(C=C(C)C)=C[C@H]2CC[C@@H]1C2. The van der Waals surface area contributed by atoms with Crippen LogP contribution in [0.1, 0.15) is 40.0 Å². The molecule has 2 aliphatic carbocycles. The fourth-order valence-corrected chi connectivity index (χ4v) is 2.92. The quantitative estimate of drug-likeness (QED) is 0.668. The van der Waals surface area contributed by atoms with Crippen LogP contribution in [0.5, 0.6) is 0 Å². The van der Waals surface area contributed by atoms with Crippen LogP contribution in [0.4, 0.5) is 0 Å². The lowest BCUT2D eigenvalue weighted by Gasteiger charge is -2.28. The number of carbonyl (C=O) groups excluding carboxylic acids is 1. The minimum Gasteiger partial charge on any atom is -0.457 e. The van der Waals surface area contributed by atoms with Crippen molar-refractivity contribution in [1.29, 1.82) is 0 Å². The average Bonchev–Trinajstić information content (AvgIpc) is 2.55. The third-order valence-corrected chi connectivity index (χ3v) is 3.45. The maximum absolute atomic E-state index is 11.1. The van der Waals surface area contributed by atoms with E-state index in [-0.39, 0.29) is 12.1 Å². The number of ether oxygens (including phenoxy) is 1. The van der Waals surface area contributed by atoms with Crippen molar-refractivity contribution in [3.63, 3.8) is 0 Å². The van der Waals surface area contributed by atoms with Crippen molar-refractivity contribution in [1.82, 2.24) is 0 Å². The minimum atomic E-state index is -0.164. The lowest BCUT2D eigenvalue weighted by atomic mass is 9.86. The van der Waals surface area contributed by atoms with Crippen LogP contribution < -0.4 is 0 Å². The lowest BCUT2D eigenvalue weighted by Crippen LogP contribution is -2.28. The Morgan fingerprint density at radius 2 is 2.12 bits per heavy atom. The molecule has 0 N–H and O–H groups in total. The van der Waals surface area contributed by atoms with Gasteiger partial charge in [0.1, 0.15) is 6.10 Å². The van der Waals surface area contributed by atoms with E-state index in [2.05, 4.69) is 26.0 Å². The molecule has 2 aliphatic rings. The second kappa shape index (κ2) is 4.44. The zero-order valence-electron chi connectivity index (χ0n) is 10.3. The normalized spacial score (nSPS) is 31.9. The van der Waals surface area contributed by atoms with Gasteiger partial charge in [0.05, 0.1) is 0 Å². The van der Waals surface area contributed by atoms with Crippen LogP contribution in [-0.2, 0) is 9.53 Å². The molecule has 16 heavy (non-hydrogen) atoms. The van der Waals surface area contributed by atoms with Crippen molar-refractivity contribution in [3.05, 3.63) is 23.3 Å². The summed E-state index contributed by atoms with van der Waals surface area (Å²) in [6.45, 7) is 5.67. The molecule has 0 aromatic heterocycles. The number of hydrogen-bond donors (Lipinski definition) is 0. The van der Waals surface area contributed by atoms with E-state index in [1.165, 1.54) is 37.3 Å². The Morgan fingerprint density at radius 3 is 2.75 bits per heavy atom. The Kier molecular flexibility index (Phi) is 3.17. The molecule has 0 unspecified atom stereocenters. The molecule has 0 heterocycles. The number of rotatable bonds is 2. The number of fused-ring (bicyclic) bond motifs is 2. The van der Waals surface area contributed by atoms with Gasteiger partial charge < -0.3 is 4.74 Å². The molecule has 0 saturated heterocycles. The molecule has 0 radical (unpaired) electrons. The average molecular weight is 220 g/mol. The highest BCUT2D eigenvalue weighted by atomic mass is 16.5. The molecule has 3 atom stereocenters. The maximum atomic E-state index is 11.1. The van der Waals surface area contributed by atoms with Crippen molar-refractivity contribution in [2.45, 2.75) is 46.1 Å². The molecular weight excluding hydrogens is 200 g/mol. The highest BCUT2D eigenvalue weighted by molar-refractivity contribution is 5.66. The Hall–Kier alpha value is -1.05. The summed E-state index contributed by atoms with van der Waals surface area (Å²) in [5.74, 6) is 1.09. The van der Waals surface area contributed by atoms with Gasteiger partial charge in [-0.1, -0.05) is 17.7 Å². The predicted molar refractivity (Wildman–Crippen MR) is 63.9 cm³/mol. The summed E-state index contributed by atoms with van der Waals surface area (Å²) in [6, 6.07) is 0. The molecule has 2 rings (SSSR count). The van der Waals surface area contributed by atoms with Gasteiger partial charge >= 0.3 is 5.97 Å². The number of esters is 1. The minimum absolute atomic E-state index is 0.00569. The molecular formula is C14H20O2. The largest absolute Gasteiger partial charge is 0.457 e. The summed E-state index contributed by atoms with van der Waals surface area (Å²) in [5, 5.41) is 0. The van der Waals surface area contributed by atoms with E-state index in [1.54, 1.807) is 0 Å². The van der Waals surface area contributed by atoms with Crippen LogP contribution in [-0.4, -0.2) is 12.1 Å². The summed E-state index contributed by atoms with van der Waals surface area (Å²) in [7, 11) is 0. The summed E-state index contributed by atoms with van der Waals surface area (Å²) >= 11 is 0. The smallest absolute Gasteiger partial charge is 0.303 e. The van der Waals surface area contributed by atoms with E-state index < -0.39 is 0 Å². The lowest BCUT2D eigenvalue weighted by molar-refractivity contribution is -0.146. The van der Waals surface area contributed by atoms with Crippen LogP contribution in [0, 0.1) is 11.8 Å². The first-order valence-corrected chi connectivity index (χ1v) is 6.10. The van der Waals surface area contributed by atoms with Crippen LogP contribution in [0.25, 0.3) is 0 Å². The van der Waals surface area contributed by atoms with Gasteiger partial charge in [0, 0.05) is 12.8 Å². The van der Waals surface area contributed by atoms with Gasteiger partial charge in [-0.2, -0.15) is 0 Å². The number of hydrogen-bond acceptors (Lipinski definition) is 2. The molecule has 0 spiro atoms. The van der Waals surface area contributed by atoms with Crippen LogP contribution in [0.2, 0.25) is 0 Å². The van der Waals surface area contributed by atoms with Crippen molar-refractivity contribution in [3.8, 4) is 0 Å². The van der Waals surface area contributed by atoms with Gasteiger partial charge in [0.25, 0.3) is 0 Å². The first-order valence-electron chi connectivity index (χ1n) is 6.10.